The number of carbonyl (C=O) groups is 1. The molecule has 0 fully saturated rings. The lowest BCUT2D eigenvalue weighted by atomic mass is 10.1. The first-order valence-electron chi connectivity index (χ1n) is 7.97. The van der Waals surface area contributed by atoms with Gasteiger partial charge in [-0.3, -0.25) is 4.79 Å². The second-order valence-corrected chi connectivity index (χ2v) is 5.59. The van der Waals surface area contributed by atoms with Crippen LogP contribution in [0.3, 0.4) is 0 Å². The van der Waals surface area contributed by atoms with Crippen molar-refractivity contribution in [2.75, 3.05) is 5.32 Å². The fraction of sp³-hybridized carbons (Fsp3) is 0.211. The molecule has 0 saturated heterocycles. The Hall–Kier alpha value is -2.95. The zero-order valence-corrected chi connectivity index (χ0v) is 13.7. The topological polar surface area (TPSA) is 68.0 Å². The summed E-state index contributed by atoms with van der Waals surface area (Å²) in [4.78, 5) is 16.6. The smallest absolute Gasteiger partial charge is 0.257 e. The standard InChI is InChI=1S/C19H19N3O2/c1-3-6-14-7-4-5-8-17(14)21-18(23)15-9-11-16(12-10-15)19-20-13(2)22-24-19/h4-5,7-12H,3,6H2,1-2H3,(H,21,23). The molecular weight excluding hydrogens is 302 g/mol. The zero-order chi connectivity index (χ0) is 16.9. The lowest BCUT2D eigenvalue weighted by Crippen LogP contribution is -2.13. The maximum absolute atomic E-state index is 12.5. The van der Waals surface area contributed by atoms with E-state index in [1.54, 1.807) is 31.2 Å². The number of hydrogen-bond acceptors (Lipinski definition) is 4. The molecule has 0 aliphatic rings. The highest BCUT2D eigenvalue weighted by Gasteiger charge is 2.11. The summed E-state index contributed by atoms with van der Waals surface area (Å²) in [6.45, 7) is 3.89. The maximum Gasteiger partial charge on any atom is 0.257 e. The van der Waals surface area contributed by atoms with Gasteiger partial charge in [0.2, 0.25) is 0 Å². The van der Waals surface area contributed by atoms with Crippen molar-refractivity contribution in [3.05, 3.63) is 65.5 Å². The molecule has 0 unspecified atom stereocenters. The van der Waals surface area contributed by atoms with E-state index in [1.165, 1.54) is 0 Å². The van der Waals surface area contributed by atoms with E-state index in [4.69, 9.17) is 4.52 Å². The van der Waals surface area contributed by atoms with Gasteiger partial charge in [0.15, 0.2) is 5.82 Å². The van der Waals surface area contributed by atoms with E-state index in [0.29, 0.717) is 17.3 Å². The van der Waals surface area contributed by atoms with Gasteiger partial charge in [0, 0.05) is 16.8 Å². The molecule has 1 aromatic heterocycles. The highest BCUT2D eigenvalue weighted by molar-refractivity contribution is 6.04. The molecule has 3 aromatic rings. The van der Waals surface area contributed by atoms with Crippen LogP contribution in [0.2, 0.25) is 0 Å². The average molecular weight is 321 g/mol. The number of amides is 1. The van der Waals surface area contributed by atoms with Crippen molar-refractivity contribution in [2.24, 2.45) is 0 Å². The molecule has 0 aliphatic heterocycles. The Morgan fingerprint density at radius 1 is 1.12 bits per heavy atom. The maximum atomic E-state index is 12.5. The van der Waals surface area contributed by atoms with Crippen LogP contribution in [0.5, 0.6) is 0 Å². The fourth-order valence-electron chi connectivity index (χ4n) is 2.50. The van der Waals surface area contributed by atoms with Crippen LogP contribution in [0.15, 0.2) is 53.1 Å². The summed E-state index contributed by atoms with van der Waals surface area (Å²) >= 11 is 0. The van der Waals surface area contributed by atoms with Crippen molar-refractivity contribution in [3.8, 4) is 11.5 Å². The summed E-state index contributed by atoms with van der Waals surface area (Å²) in [6.07, 6.45) is 1.97. The Bertz CT molecular complexity index is 838. The molecule has 0 atom stereocenters. The van der Waals surface area contributed by atoms with E-state index in [2.05, 4.69) is 22.4 Å². The van der Waals surface area contributed by atoms with E-state index in [1.807, 2.05) is 24.3 Å². The Morgan fingerprint density at radius 3 is 2.54 bits per heavy atom. The molecule has 0 radical (unpaired) electrons. The molecule has 3 rings (SSSR count). The Labute approximate surface area is 140 Å². The molecule has 1 amide bonds. The molecule has 0 bridgehead atoms. The van der Waals surface area contributed by atoms with Gasteiger partial charge in [-0.25, -0.2) is 0 Å². The van der Waals surface area contributed by atoms with Gasteiger partial charge in [0.1, 0.15) is 0 Å². The highest BCUT2D eigenvalue weighted by Crippen LogP contribution is 2.20. The minimum atomic E-state index is -0.133. The summed E-state index contributed by atoms with van der Waals surface area (Å²) < 4.78 is 5.13. The van der Waals surface area contributed by atoms with Crippen LogP contribution >= 0.6 is 0 Å². The van der Waals surface area contributed by atoms with Crippen molar-refractivity contribution in [3.63, 3.8) is 0 Å². The summed E-state index contributed by atoms with van der Waals surface area (Å²) in [7, 11) is 0. The second-order valence-electron chi connectivity index (χ2n) is 5.59. The van der Waals surface area contributed by atoms with Crippen LogP contribution in [-0.4, -0.2) is 16.0 Å². The highest BCUT2D eigenvalue weighted by atomic mass is 16.5. The van der Waals surface area contributed by atoms with E-state index >= 15 is 0 Å². The van der Waals surface area contributed by atoms with Gasteiger partial charge in [-0.1, -0.05) is 36.7 Å². The molecule has 0 saturated carbocycles. The molecule has 24 heavy (non-hydrogen) atoms. The molecule has 0 spiro atoms. The number of para-hydroxylation sites is 1. The van der Waals surface area contributed by atoms with Crippen LogP contribution in [0.4, 0.5) is 5.69 Å². The SMILES string of the molecule is CCCc1ccccc1NC(=O)c1ccc(-c2nc(C)no2)cc1. The van der Waals surface area contributed by atoms with Crippen LogP contribution < -0.4 is 5.32 Å². The van der Waals surface area contributed by atoms with Crippen LogP contribution in [0.25, 0.3) is 11.5 Å². The Balaban J connectivity index is 1.76. The molecular formula is C19H19N3O2. The molecule has 1 heterocycles. The minimum Gasteiger partial charge on any atom is -0.334 e. The first-order valence-corrected chi connectivity index (χ1v) is 7.97. The molecule has 5 nitrogen and oxygen atoms in total. The summed E-state index contributed by atoms with van der Waals surface area (Å²) in [6, 6.07) is 15.0. The third kappa shape index (κ3) is 3.51. The zero-order valence-electron chi connectivity index (χ0n) is 13.7. The molecule has 0 aliphatic carbocycles. The van der Waals surface area contributed by atoms with Gasteiger partial charge < -0.3 is 9.84 Å². The predicted octanol–water partition coefficient (Wildman–Crippen LogP) is 4.25. The number of nitrogens with zero attached hydrogens (tertiary/aromatic N) is 2. The van der Waals surface area contributed by atoms with Gasteiger partial charge >= 0.3 is 0 Å². The van der Waals surface area contributed by atoms with Crippen LogP contribution in [-0.2, 0) is 6.42 Å². The monoisotopic (exact) mass is 321 g/mol. The molecule has 5 heteroatoms. The summed E-state index contributed by atoms with van der Waals surface area (Å²) in [5, 5.41) is 6.75. The normalized spacial score (nSPS) is 10.6. The van der Waals surface area contributed by atoms with E-state index in [0.717, 1.165) is 29.7 Å². The van der Waals surface area contributed by atoms with Gasteiger partial charge in [-0.15, -0.1) is 0 Å². The second kappa shape index (κ2) is 7.08. The van der Waals surface area contributed by atoms with Gasteiger partial charge in [-0.05, 0) is 49.2 Å². The lowest BCUT2D eigenvalue weighted by Gasteiger charge is -2.10. The van der Waals surface area contributed by atoms with Gasteiger partial charge in [0.25, 0.3) is 11.8 Å². The molecule has 1 N–H and O–H groups in total. The molecule has 2 aromatic carbocycles. The third-order valence-corrected chi connectivity index (χ3v) is 3.71. The van der Waals surface area contributed by atoms with Crippen LogP contribution in [0, 0.1) is 6.92 Å². The first-order chi connectivity index (χ1) is 11.7. The lowest BCUT2D eigenvalue weighted by molar-refractivity contribution is 0.102. The number of anilines is 1. The predicted molar refractivity (Wildman–Crippen MR) is 92.9 cm³/mol. The Morgan fingerprint density at radius 2 is 1.88 bits per heavy atom. The summed E-state index contributed by atoms with van der Waals surface area (Å²) in [5.41, 5.74) is 3.38. The number of carbonyl (C=O) groups excluding carboxylic acids is 1. The third-order valence-electron chi connectivity index (χ3n) is 3.71. The quantitative estimate of drug-likeness (QED) is 0.763. The van der Waals surface area contributed by atoms with E-state index in [9.17, 15) is 4.79 Å². The number of hydrogen-bond donors (Lipinski definition) is 1. The minimum absolute atomic E-state index is 0.133. The average Bonchev–Trinajstić information content (AvgIpc) is 3.03. The molecule has 122 valence electrons. The van der Waals surface area contributed by atoms with E-state index in [-0.39, 0.29) is 5.91 Å². The van der Waals surface area contributed by atoms with E-state index < -0.39 is 0 Å². The van der Waals surface area contributed by atoms with Crippen molar-refractivity contribution in [1.82, 2.24) is 10.1 Å². The Kier molecular flexibility index (Phi) is 4.70. The number of nitrogens with one attached hydrogen (secondary N) is 1. The fourth-order valence-corrected chi connectivity index (χ4v) is 2.50. The van der Waals surface area contributed by atoms with Crippen molar-refractivity contribution in [1.29, 1.82) is 0 Å². The van der Waals surface area contributed by atoms with Crippen molar-refractivity contribution < 1.29 is 9.32 Å². The first kappa shape index (κ1) is 15.9. The van der Waals surface area contributed by atoms with Gasteiger partial charge in [0.05, 0.1) is 0 Å². The van der Waals surface area contributed by atoms with Gasteiger partial charge in [-0.2, -0.15) is 4.98 Å². The van der Waals surface area contributed by atoms with Crippen LogP contribution in [0.1, 0.15) is 35.1 Å². The number of rotatable bonds is 5. The largest absolute Gasteiger partial charge is 0.334 e. The van der Waals surface area contributed by atoms with Crippen molar-refractivity contribution >= 4 is 11.6 Å². The number of benzene rings is 2. The number of aryl methyl sites for hydroxylation is 2. The summed E-state index contributed by atoms with van der Waals surface area (Å²) in [5.74, 6) is 0.902. The number of aromatic nitrogens is 2. The van der Waals surface area contributed by atoms with Crippen molar-refractivity contribution in [2.45, 2.75) is 26.7 Å².